The summed E-state index contributed by atoms with van der Waals surface area (Å²) in [5.74, 6) is 0.199. The van der Waals surface area contributed by atoms with Gasteiger partial charge in [0.2, 0.25) is 5.91 Å². The molecule has 0 aliphatic rings. The summed E-state index contributed by atoms with van der Waals surface area (Å²) in [6.45, 7) is 13.8. The Morgan fingerprint density at radius 1 is 1.12 bits per heavy atom. The van der Waals surface area contributed by atoms with Crippen molar-refractivity contribution in [3.63, 3.8) is 0 Å². The van der Waals surface area contributed by atoms with Gasteiger partial charge >= 0.3 is 0 Å². The Morgan fingerprint density at radius 3 is 2.23 bits per heavy atom. The quantitative estimate of drug-likeness (QED) is 0.474. The number of carbonyl (C=O) groups excluding carboxylic acids is 2. The lowest BCUT2D eigenvalue weighted by Gasteiger charge is -2.32. The lowest BCUT2D eigenvalue weighted by Crippen LogP contribution is -2.40. The van der Waals surface area contributed by atoms with Crippen molar-refractivity contribution in [1.29, 1.82) is 0 Å². The molecule has 0 aliphatic heterocycles. The smallest absolute Gasteiger partial charge is 0.224 e. The molecule has 0 heterocycles. The van der Waals surface area contributed by atoms with E-state index in [0.717, 1.165) is 0 Å². The number of hydrogen-bond acceptors (Lipinski definition) is 5. The van der Waals surface area contributed by atoms with E-state index in [-0.39, 0.29) is 35.2 Å². The number of ketones is 1. The number of amides is 1. The van der Waals surface area contributed by atoms with Gasteiger partial charge in [-0.1, -0.05) is 27.7 Å². The fourth-order valence-corrected chi connectivity index (χ4v) is 2.91. The largest absolute Gasteiger partial charge is 0.396 e. The van der Waals surface area contributed by atoms with Crippen molar-refractivity contribution in [1.82, 2.24) is 4.90 Å². The summed E-state index contributed by atoms with van der Waals surface area (Å²) in [5, 5.41) is 8.76. The van der Waals surface area contributed by atoms with Gasteiger partial charge in [-0.15, -0.1) is 0 Å². The molecular formula is C20H39NO5. The predicted octanol–water partition coefficient (Wildman–Crippen LogP) is 2.67. The topological polar surface area (TPSA) is 76.1 Å². The van der Waals surface area contributed by atoms with Crippen LogP contribution in [0.5, 0.6) is 0 Å². The number of nitrogens with zero attached hydrogens (tertiary/aromatic N) is 1. The lowest BCUT2D eigenvalue weighted by atomic mass is 9.88. The van der Waals surface area contributed by atoms with Crippen LogP contribution in [0.25, 0.3) is 0 Å². The van der Waals surface area contributed by atoms with Crippen molar-refractivity contribution in [2.45, 2.75) is 66.9 Å². The number of aliphatic hydroxyl groups is 1. The van der Waals surface area contributed by atoms with E-state index in [1.807, 2.05) is 20.8 Å². The standard InChI is InChI=1S/C20H39NO5/c1-16(23)12-19(3,4)14-25-15-20(5,6)13-21(7)18(24)11-17(2)26-10-8-9-22/h17,22H,8-15H2,1-7H3. The molecule has 0 spiro atoms. The zero-order valence-corrected chi connectivity index (χ0v) is 17.8. The minimum atomic E-state index is -0.183. The third kappa shape index (κ3) is 12.4. The van der Waals surface area contributed by atoms with Crippen molar-refractivity contribution in [3.05, 3.63) is 0 Å². The molecule has 1 unspecified atom stereocenters. The SMILES string of the molecule is CC(=O)CC(C)(C)COCC(C)(C)CN(C)C(=O)CC(C)OCCCO. The molecule has 0 aromatic rings. The highest BCUT2D eigenvalue weighted by molar-refractivity contribution is 5.76. The second kappa shape index (κ2) is 11.7. The van der Waals surface area contributed by atoms with E-state index in [4.69, 9.17) is 14.6 Å². The maximum absolute atomic E-state index is 12.3. The Kier molecular flexibility index (Phi) is 11.2. The Morgan fingerprint density at radius 2 is 1.69 bits per heavy atom. The van der Waals surface area contributed by atoms with Crippen LogP contribution in [-0.4, -0.2) is 67.8 Å². The van der Waals surface area contributed by atoms with Crippen LogP contribution in [0.15, 0.2) is 0 Å². The third-order valence-corrected chi connectivity index (χ3v) is 3.97. The minimum absolute atomic E-state index is 0.0338. The summed E-state index contributed by atoms with van der Waals surface area (Å²) in [4.78, 5) is 25.3. The second-order valence-electron chi connectivity index (χ2n) is 8.91. The molecule has 6 nitrogen and oxygen atoms in total. The van der Waals surface area contributed by atoms with Gasteiger partial charge in [-0.2, -0.15) is 0 Å². The monoisotopic (exact) mass is 373 g/mol. The average Bonchev–Trinajstić information content (AvgIpc) is 2.44. The van der Waals surface area contributed by atoms with Gasteiger partial charge in [-0.25, -0.2) is 0 Å². The van der Waals surface area contributed by atoms with Gasteiger partial charge in [0.15, 0.2) is 0 Å². The van der Waals surface area contributed by atoms with Crippen molar-refractivity contribution in [2.75, 3.05) is 40.0 Å². The molecule has 0 aromatic heterocycles. The van der Waals surface area contributed by atoms with Crippen LogP contribution in [0.1, 0.15) is 60.8 Å². The molecule has 0 saturated heterocycles. The summed E-state index contributed by atoms with van der Waals surface area (Å²) >= 11 is 0. The molecule has 1 atom stereocenters. The summed E-state index contributed by atoms with van der Waals surface area (Å²) in [7, 11) is 1.80. The fourth-order valence-electron chi connectivity index (χ4n) is 2.91. The summed E-state index contributed by atoms with van der Waals surface area (Å²) in [6.07, 6.45) is 1.24. The van der Waals surface area contributed by atoms with Gasteiger partial charge < -0.3 is 24.3 Å². The molecule has 0 fully saturated rings. The van der Waals surface area contributed by atoms with E-state index in [2.05, 4.69) is 13.8 Å². The van der Waals surface area contributed by atoms with Crippen molar-refractivity contribution in [2.24, 2.45) is 10.8 Å². The van der Waals surface area contributed by atoms with Crippen LogP contribution in [0, 0.1) is 10.8 Å². The van der Waals surface area contributed by atoms with Crippen LogP contribution < -0.4 is 0 Å². The minimum Gasteiger partial charge on any atom is -0.396 e. The summed E-state index contributed by atoms with van der Waals surface area (Å²) in [6, 6.07) is 0. The van der Waals surface area contributed by atoms with E-state index in [1.54, 1.807) is 18.9 Å². The number of hydrogen-bond donors (Lipinski definition) is 1. The number of rotatable bonds is 14. The summed E-state index contributed by atoms with van der Waals surface area (Å²) < 4.78 is 11.4. The number of carbonyl (C=O) groups is 2. The van der Waals surface area contributed by atoms with E-state index < -0.39 is 0 Å². The predicted molar refractivity (Wildman–Crippen MR) is 103 cm³/mol. The molecule has 6 heteroatoms. The summed E-state index contributed by atoms with van der Waals surface area (Å²) in [5.41, 5.74) is -0.358. The van der Waals surface area contributed by atoms with E-state index in [1.165, 1.54) is 0 Å². The van der Waals surface area contributed by atoms with Crippen LogP contribution in [-0.2, 0) is 19.1 Å². The molecular weight excluding hydrogens is 334 g/mol. The van der Waals surface area contributed by atoms with Gasteiger partial charge in [0.1, 0.15) is 5.78 Å². The molecule has 0 rings (SSSR count). The van der Waals surface area contributed by atoms with Crippen LogP contribution in [0.2, 0.25) is 0 Å². The normalized spacial score (nSPS) is 13.5. The first-order chi connectivity index (χ1) is 11.9. The lowest BCUT2D eigenvalue weighted by molar-refractivity contribution is -0.134. The number of ether oxygens (including phenoxy) is 2. The van der Waals surface area contributed by atoms with E-state index in [9.17, 15) is 9.59 Å². The average molecular weight is 374 g/mol. The fraction of sp³-hybridized carbons (Fsp3) is 0.900. The van der Waals surface area contributed by atoms with Gasteiger partial charge in [0.25, 0.3) is 0 Å². The van der Waals surface area contributed by atoms with Crippen molar-refractivity contribution in [3.8, 4) is 0 Å². The number of aliphatic hydroxyl groups excluding tert-OH is 1. The van der Waals surface area contributed by atoms with Crippen molar-refractivity contribution < 1.29 is 24.2 Å². The van der Waals surface area contributed by atoms with Crippen LogP contribution in [0.4, 0.5) is 0 Å². The van der Waals surface area contributed by atoms with Gasteiger partial charge in [0, 0.05) is 38.6 Å². The molecule has 0 saturated carbocycles. The third-order valence-electron chi connectivity index (χ3n) is 3.97. The highest BCUT2D eigenvalue weighted by Gasteiger charge is 2.26. The maximum atomic E-state index is 12.3. The zero-order chi connectivity index (χ0) is 20.4. The Hall–Kier alpha value is -0.980. The maximum Gasteiger partial charge on any atom is 0.224 e. The van der Waals surface area contributed by atoms with Gasteiger partial charge in [-0.05, 0) is 25.7 Å². The molecule has 0 aromatic carbocycles. The molecule has 0 radical (unpaired) electrons. The first-order valence-electron chi connectivity index (χ1n) is 9.42. The molecule has 1 amide bonds. The molecule has 154 valence electrons. The molecule has 26 heavy (non-hydrogen) atoms. The first-order valence-corrected chi connectivity index (χ1v) is 9.42. The Balaban J connectivity index is 4.29. The van der Waals surface area contributed by atoms with Crippen LogP contribution >= 0.6 is 0 Å². The highest BCUT2D eigenvalue weighted by atomic mass is 16.5. The van der Waals surface area contributed by atoms with Crippen LogP contribution in [0.3, 0.4) is 0 Å². The van der Waals surface area contributed by atoms with E-state index >= 15 is 0 Å². The second-order valence-corrected chi connectivity index (χ2v) is 8.91. The van der Waals surface area contributed by atoms with Crippen molar-refractivity contribution >= 4 is 11.7 Å². The number of Topliss-reactive ketones (excluding diaryl/α,β-unsaturated/α-hetero) is 1. The molecule has 0 bridgehead atoms. The highest BCUT2D eigenvalue weighted by Crippen LogP contribution is 2.24. The zero-order valence-electron chi connectivity index (χ0n) is 17.8. The van der Waals surface area contributed by atoms with E-state index in [0.29, 0.717) is 45.6 Å². The Labute approximate surface area is 159 Å². The van der Waals surface area contributed by atoms with Gasteiger partial charge in [-0.3, -0.25) is 4.79 Å². The Bertz CT molecular complexity index is 434. The first kappa shape index (κ1) is 25.0. The molecule has 1 N–H and O–H groups in total. The molecule has 0 aliphatic carbocycles. The van der Waals surface area contributed by atoms with Gasteiger partial charge in [0.05, 0.1) is 25.7 Å².